The molecule has 0 aromatic rings. The van der Waals surface area contributed by atoms with Crippen molar-refractivity contribution in [3.05, 3.63) is 23.8 Å². The highest BCUT2D eigenvalue weighted by Gasteiger charge is 2.61. The van der Waals surface area contributed by atoms with Crippen LogP contribution in [0.15, 0.2) is 23.8 Å². The summed E-state index contributed by atoms with van der Waals surface area (Å²) in [4.78, 5) is 26.3. The number of carbonyl (C=O) groups is 2. The molecule has 0 radical (unpaired) electrons. The number of hydrogen-bond acceptors (Lipinski definition) is 7. The van der Waals surface area contributed by atoms with Gasteiger partial charge in [-0.1, -0.05) is 26.0 Å². The minimum absolute atomic E-state index is 0.0121. The van der Waals surface area contributed by atoms with E-state index in [2.05, 4.69) is 30.6 Å². The van der Waals surface area contributed by atoms with Gasteiger partial charge in [-0.05, 0) is 69.5 Å². The Hall–Kier alpha value is -1.86. The zero-order chi connectivity index (χ0) is 23.1. The summed E-state index contributed by atoms with van der Waals surface area (Å²) in [6.07, 6.45) is 5.92. The SMILES string of the molecule is C=C1CCC2[C@]3(C)COC(=O)O[C@@H]3CC[C@@]2(C)[C@@H]1CC(NCCN(C)C)C1=CCOC1=O. The molecule has 0 amide bonds. The van der Waals surface area contributed by atoms with Crippen LogP contribution in [-0.4, -0.2) is 69.6 Å². The molecule has 0 aromatic carbocycles. The number of ether oxygens (including phenoxy) is 3. The lowest BCUT2D eigenvalue weighted by Crippen LogP contribution is -2.61. The number of fused-ring (bicyclic) bond motifs is 3. The Bertz CT molecular complexity index is 808. The third kappa shape index (κ3) is 4.10. The first-order chi connectivity index (χ1) is 15.1. The van der Waals surface area contributed by atoms with E-state index in [-0.39, 0.29) is 34.9 Å². The largest absolute Gasteiger partial charge is 0.508 e. The molecule has 2 aliphatic carbocycles. The van der Waals surface area contributed by atoms with Crippen molar-refractivity contribution in [3.63, 3.8) is 0 Å². The summed E-state index contributed by atoms with van der Waals surface area (Å²) in [5.74, 6) is 0.422. The lowest BCUT2D eigenvalue weighted by atomic mass is 9.45. The maximum Gasteiger partial charge on any atom is 0.508 e. The molecule has 0 aromatic heterocycles. The van der Waals surface area contributed by atoms with Crippen molar-refractivity contribution >= 4 is 12.1 Å². The van der Waals surface area contributed by atoms with Gasteiger partial charge in [0.25, 0.3) is 0 Å². The molecule has 6 atom stereocenters. The Labute approximate surface area is 191 Å². The number of nitrogens with one attached hydrogen (secondary N) is 1. The van der Waals surface area contributed by atoms with E-state index < -0.39 is 6.16 Å². The number of esters is 1. The van der Waals surface area contributed by atoms with Crippen LogP contribution in [0.2, 0.25) is 0 Å². The minimum Gasteiger partial charge on any atom is -0.458 e. The molecule has 32 heavy (non-hydrogen) atoms. The van der Waals surface area contributed by atoms with Gasteiger partial charge in [0, 0.05) is 24.5 Å². The number of allylic oxidation sites excluding steroid dienone is 1. The number of carbonyl (C=O) groups excluding carboxylic acids is 2. The first-order valence-electron chi connectivity index (χ1n) is 11.9. The van der Waals surface area contributed by atoms with Gasteiger partial charge < -0.3 is 24.4 Å². The van der Waals surface area contributed by atoms with Crippen molar-refractivity contribution < 1.29 is 23.8 Å². The third-order valence-corrected chi connectivity index (χ3v) is 8.61. The number of hydrogen-bond donors (Lipinski definition) is 1. The first-order valence-corrected chi connectivity index (χ1v) is 11.9. The Morgan fingerprint density at radius 1 is 1.22 bits per heavy atom. The lowest BCUT2D eigenvalue weighted by molar-refractivity contribution is -0.193. The standard InChI is InChI=1S/C25H38N2O5/c1-16-6-7-20-24(2,10-8-21-25(20,3)15-31-23(29)32-21)18(16)14-19(26-11-12-27(4)5)17-9-13-30-22(17)28/h9,18-21,26H,1,6-8,10-15H2,2-5H3/t18-,19?,20?,21-,24+,25+/m1/s1. The Morgan fingerprint density at radius 3 is 2.69 bits per heavy atom. The second kappa shape index (κ2) is 8.82. The molecule has 2 saturated carbocycles. The van der Waals surface area contributed by atoms with Gasteiger partial charge in [-0.3, -0.25) is 0 Å². The summed E-state index contributed by atoms with van der Waals surface area (Å²) in [6.45, 7) is 11.6. The number of rotatable bonds is 7. The number of nitrogens with zero attached hydrogens (tertiary/aromatic N) is 1. The van der Waals surface area contributed by atoms with Crippen LogP contribution in [0, 0.1) is 22.7 Å². The molecule has 2 aliphatic heterocycles. The number of likely N-dealkylation sites (N-methyl/N-ethyl adjacent to an activating group) is 1. The topological polar surface area (TPSA) is 77.1 Å². The van der Waals surface area contributed by atoms with Crippen LogP contribution in [-0.2, 0) is 19.0 Å². The average molecular weight is 447 g/mol. The fourth-order valence-corrected chi connectivity index (χ4v) is 6.83. The highest BCUT2D eigenvalue weighted by Crippen LogP contribution is 2.63. The van der Waals surface area contributed by atoms with Crippen LogP contribution in [0.4, 0.5) is 4.79 Å². The molecule has 1 N–H and O–H groups in total. The van der Waals surface area contributed by atoms with Crippen molar-refractivity contribution in [1.29, 1.82) is 0 Å². The maximum absolute atomic E-state index is 12.4. The van der Waals surface area contributed by atoms with E-state index in [1.165, 1.54) is 5.57 Å². The smallest absolute Gasteiger partial charge is 0.458 e. The second-order valence-corrected chi connectivity index (χ2v) is 10.8. The minimum atomic E-state index is -0.537. The summed E-state index contributed by atoms with van der Waals surface area (Å²) >= 11 is 0. The van der Waals surface area contributed by atoms with E-state index >= 15 is 0 Å². The molecule has 7 nitrogen and oxygen atoms in total. The third-order valence-electron chi connectivity index (χ3n) is 8.61. The molecule has 4 aliphatic rings. The second-order valence-electron chi connectivity index (χ2n) is 10.8. The van der Waals surface area contributed by atoms with Crippen LogP contribution in [0.1, 0.15) is 46.0 Å². The zero-order valence-corrected chi connectivity index (χ0v) is 19.9. The summed E-state index contributed by atoms with van der Waals surface area (Å²) < 4.78 is 16.3. The molecule has 2 heterocycles. The van der Waals surface area contributed by atoms with Crippen molar-refractivity contribution in [2.24, 2.45) is 22.7 Å². The fourth-order valence-electron chi connectivity index (χ4n) is 6.83. The first kappa shape index (κ1) is 23.3. The molecule has 2 unspecified atom stereocenters. The van der Waals surface area contributed by atoms with Crippen LogP contribution in [0.25, 0.3) is 0 Å². The highest BCUT2D eigenvalue weighted by molar-refractivity contribution is 5.91. The van der Waals surface area contributed by atoms with E-state index in [1.54, 1.807) is 0 Å². The van der Waals surface area contributed by atoms with E-state index in [1.807, 2.05) is 20.2 Å². The molecule has 4 rings (SSSR count). The van der Waals surface area contributed by atoms with Crippen LogP contribution in [0.5, 0.6) is 0 Å². The fraction of sp³-hybridized carbons (Fsp3) is 0.760. The molecular weight excluding hydrogens is 408 g/mol. The predicted molar refractivity (Wildman–Crippen MR) is 121 cm³/mol. The molecule has 1 saturated heterocycles. The Morgan fingerprint density at radius 2 is 2.00 bits per heavy atom. The average Bonchev–Trinajstić information content (AvgIpc) is 3.15. The van der Waals surface area contributed by atoms with Gasteiger partial charge in [0.05, 0.1) is 5.57 Å². The van der Waals surface area contributed by atoms with Gasteiger partial charge in [0.2, 0.25) is 0 Å². The van der Waals surface area contributed by atoms with Crippen LogP contribution >= 0.6 is 0 Å². The molecular formula is C25H38N2O5. The van der Waals surface area contributed by atoms with Crippen molar-refractivity contribution in [2.75, 3.05) is 40.4 Å². The highest BCUT2D eigenvalue weighted by atomic mass is 16.7. The van der Waals surface area contributed by atoms with E-state index in [4.69, 9.17) is 14.2 Å². The maximum atomic E-state index is 12.4. The Kier molecular flexibility index (Phi) is 6.43. The van der Waals surface area contributed by atoms with Gasteiger partial charge in [-0.15, -0.1) is 0 Å². The molecule has 3 fully saturated rings. The zero-order valence-electron chi connectivity index (χ0n) is 19.9. The van der Waals surface area contributed by atoms with Crippen LogP contribution in [0.3, 0.4) is 0 Å². The van der Waals surface area contributed by atoms with Crippen molar-refractivity contribution in [1.82, 2.24) is 10.2 Å². The van der Waals surface area contributed by atoms with Crippen LogP contribution < -0.4 is 5.32 Å². The monoisotopic (exact) mass is 446 g/mol. The molecule has 0 spiro atoms. The number of cyclic esters (lactones) is 2. The quantitative estimate of drug-likeness (QED) is 0.475. The molecule has 0 bridgehead atoms. The summed E-state index contributed by atoms with van der Waals surface area (Å²) in [7, 11) is 4.10. The van der Waals surface area contributed by atoms with E-state index in [0.717, 1.165) is 50.8 Å². The van der Waals surface area contributed by atoms with Gasteiger partial charge in [-0.25, -0.2) is 9.59 Å². The summed E-state index contributed by atoms with van der Waals surface area (Å²) in [5.41, 5.74) is 1.83. The lowest BCUT2D eigenvalue weighted by Gasteiger charge is -2.61. The summed E-state index contributed by atoms with van der Waals surface area (Å²) in [6, 6.07) is -0.0618. The van der Waals surface area contributed by atoms with Crippen molar-refractivity contribution in [3.8, 4) is 0 Å². The van der Waals surface area contributed by atoms with E-state index in [0.29, 0.717) is 19.1 Å². The van der Waals surface area contributed by atoms with Crippen molar-refractivity contribution in [2.45, 2.75) is 58.1 Å². The van der Waals surface area contributed by atoms with Gasteiger partial charge in [0.15, 0.2) is 0 Å². The summed E-state index contributed by atoms with van der Waals surface area (Å²) in [5, 5.41) is 3.63. The molecule has 178 valence electrons. The van der Waals surface area contributed by atoms with Gasteiger partial charge in [-0.2, -0.15) is 0 Å². The van der Waals surface area contributed by atoms with Gasteiger partial charge >= 0.3 is 12.1 Å². The Balaban J connectivity index is 1.58. The van der Waals surface area contributed by atoms with Gasteiger partial charge in [0.1, 0.15) is 19.3 Å². The molecule has 7 heteroatoms. The predicted octanol–water partition coefficient (Wildman–Crippen LogP) is 3.30. The normalized spacial score (nSPS) is 37.7. The van der Waals surface area contributed by atoms with E-state index in [9.17, 15) is 9.59 Å².